The predicted octanol–water partition coefficient (Wildman–Crippen LogP) is 1.46. The lowest BCUT2D eigenvalue weighted by Gasteiger charge is -2.15. The van der Waals surface area contributed by atoms with E-state index in [1.54, 1.807) is 24.3 Å². The monoisotopic (exact) mass is 408 g/mol. The Kier molecular flexibility index (Phi) is 5.62. The Morgan fingerprint density at radius 3 is 2.70 bits per heavy atom. The maximum Gasteiger partial charge on any atom is 0.250 e. The third-order valence-corrected chi connectivity index (χ3v) is 4.55. The molecule has 4 rings (SSSR count). The average Bonchev–Trinajstić information content (AvgIpc) is 3.41. The number of ether oxygens (including phenoxy) is 2. The van der Waals surface area contributed by atoms with Gasteiger partial charge < -0.3 is 25.2 Å². The molecule has 0 saturated heterocycles. The van der Waals surface area contributed by atoms with Gasteiger partial charge in [-0.3, -0.25) is 14.7 Å². The lowest BCUT2D eigenvalue weighted by atomic mass is 10.1. The fraction of sp³-hybridized carbons (Fsp3) is 0.190. The summed E-state index contributed by atoms with van der Waals surface area (Å²) in [6, 6.07) is 15.3. The van der Waals surface area contributed by atoms with Crippen molar-refractivity contribution in [1.29, 1.82) is 0 Å². The topological polar surface area (TPSA) is 126 Å². The van der Waals surface area contributed by atoms with Gasteiger partial charge in [-0.05, 0) is 23.3 Å². The minimum atomic E-state index is -1.11. The zero-order valence-corrected chi connectivity index (χ0v) is 15.9. The summed E-state index contributed by atoms with van der Waals surface area (Å²) in [5.74, 6) is 0.519. The molecule has 4 N–H and O–H groups in total. The van der Waals surface area contributed by atoms with E-state index in [0.29, 0.717) is 22.9 Å². The number of aliphatic hydroxyl groups excluding tert-OH is 1. The molecular weight excluding hydrogens is 388 g/mol. The first-order valence-corrected chi connectivity index (χ1v) is 9.33. The van der Waals surface area contributed by atoms with Gasteiger partial charge in [0.05, 0.1) is 18.7 Å². The summed E-state index contributed by atoms with van der Waals surface area (Å²) in [4.78, 5) is 24.8. The molecule has 1 aliphatic heterocycles. The van der Waals surface area contributed by atoms with E-state index in [4.69, 9.17) is 9.47 Å². The van der Waals surface area contributed by atoms with Gasteiger partial charge in [-0.2, -0.15) is 5.10 Å². The number of aromatic amines is 1. The number of hydrogen-bond donors (Lipinski definition) is 4. The van der Waals surface area contributed by atoms with Crippen molar-refractivity contribution in [3.05, 3.63) is 60.2 Å². The van der Waals surface area contributed by atoms with Gasteiger partial charge in [0.25, 0.3) is 5.91 Å². The van der Waals surface area contributed by atoms with Crippen molar-refractivity contribution in [2.24, 2.45) is 0 Å². The van der Waals surface area contributed by atoms with Crippen LogP contribution in [0.2, 0.25) is 0 Å². The van der Waals surface area contributed by atoms with Crippen molar-refractivity contribution >= 4 is 17.6 Å². The molecule has 0 radical (unpaired) electrons. The standard InChI is InChI=1S/C21H20N4O5/c26-11-16(22-20(27)9-13-6-7-17-18(8-13)30-12-29-17)21(28)23-19-10-15(24-25-19)14-4-2-1-3-5-14/h1-8,10,16,26H,9,11-12H2,(H,22,27)(H2,23,24,25,28). The van der Waals surface area contributed by atoms with Crippen LogP contribution in [0.25, 0.3) is 11.3 Å². The molecule has 9 nitrogen and oxygen atoms in total. The summed E-state index contributed by atoms with van der Waals surface area (Å²) in [7, 11) is 0. The van der Waals surface area contributed by atoms with Crippen molar-refractivity contribution in [3.8, 4) is 22.8 Å². The number of hydrogen-bond acceptors (Lipinski definition) is 6. The minimum Gasteiger partial charge on any atom is -0.454 e. The number of carbonyl (C=O) groups is 2. The van der Waals surface area contributed by atoms with Crippen LogP contribution in [0.1, 0.15) is 5.56 Å². The number of benzene rings is 2. The van der Waals surface area contributed by atoms with Gasteiger partial charge >= 0.3 is 0 Å². The molecule has 2 heterocycles. The van der Waals surface area contributed by atoms with Gasteiger partial charge in [0.15, 0.2) is 17.3 Å². The van der Waals surface area contributed by atoms with E-state index in [0.717, 1.165) is 11.3 Å². The smallest absolute Gasteiger partial charge is 0.250 e. The Bertz CT molecular complexity index is 1050. The van der Waals surface area contributed by atoms with Crippen molar-refractivity contribution in [1.82, 2.24) is 15.5 Å². The molecule has 2 amide bonds. The van der Waals surface area contributed by atoms with Crippen LogP contribution >= 0.6 is 0 Å². The molecule has 2 aromatic carbocycles. The van der Waals surface area contributed by atoms with Gasteiger partial charge in [0, 0.05) is 6.07 Å². The number of aromatic nitrogens is 2. The molecule has 0 saturated carbocycles. The van der Waals surface area contributed by atoms with Crippen LogP contribution in [0.3, 0.4) is 0 Å². The lowest BCUT2D eigenvalue weighted by molar-refractivity contribution is -0.126. The Balaban J connectivity index is 1.35. The number of aliphatic hydroxyl groups is 1. The van der Waals surface area contributed by atoms with Crippen molar-refractivity contribution in [2.75, 3.05) is 18.7 Å². The summed E-state index contributed by atoms with van der Waals surface area (Å²) >= 11 is 0. The number of nitrogens with one attached hydrogen (secondary N) is 3. The summed E-state index contributed by atoms with van der Waals surface area (Å²) < 4.78 is 10.5. The number of anilines is 1. The highest BCUT2D eigenvalue weighted by Crippen LogP contribution is 2.32. The maximum atomic E-state index is 12.5. The second-order valence-electron chi connectivity index (χ2n) is 6.69. The highest BCUT2D eigenvalue weighted by atomic mass is 16.7. The van der Waals surface area contributed by atoms with E-state index in [-0.39, 0.29) is 13.2 Å². The van der Waals surface area contributed by atoms with Crippen LogP contribution in [-0.4, -0.2) is 46.6 Å². The first-order valence-electron chi connectivity index (χ1n) is 9.33. The summed E-state index contributed by atoms with van der Waals surface area (Å²) in [5, 5.41) is 21.6. The molecule has 0 fully saturated rings. The summed E-state index contributed by atoms with van der Waals surface area (Å²) in [5.41, 5.74) is 2.35. The number of H-pyrrole nitrogens is 1. The van der Waals surface area contributed by atoms with Crippen LogP contribution in [0, 0.1) is 0 Å². The van der Waals surface area contributed by atoms with E-state index in [1.165, 1.54) is 0 Å². The summed E-state index contributed by atoms with van der Waals surface area (Å²) in [6.45, 7) is -0.397. The Hall–Kier alpha value is -3.85. The first-order chi connectivity index (χ1) is 14.6. The van der Waals surface area contributed by atoms with Crippen LogP contribution in [0.5, 0.6) is 11.5 Å². The third-order valence-electron chi connectivity index (χ3n) is 4.55. The van der Waals surface area contributed by atoms with Crippen LogP contribution < -0.4 is 20.1 Å². The number of amides is 2. The average molecular weight is 408 g/mol. The van der Waals surface area contributed by atoms with Crippen LogP contribution in [0.4, 0.5) is 5.82 Å². The fourth-order valence-electron chi connectivity index (χ4n) is 3.04. The normalized spacial score (nSPS) is 13.0. The first kappa shape index (κ1) is 19.5. The van der Waals surface area contributed by atoms with Gasteiger partial charge in [-0.25, -0.2) is 0 Å². The molecule has 9 heteroatoms. The molecule has 3 aromatic rings. The Morgan fingerprint density at radius 2 is 1.90 bits per heavy atom. The molecule has 1 aromatic heterocycles. The molecule has 1 unspecified atom stereocenters. The highest BCUT2D eigenvalue weighted by Gasteiger charge is 2.22. The van der Waals surface area contributed by atoms with E-state index < -0.39 is 24.5 Å². The van der Waals surface area contributed by atoms with E-state index >= 15 is 0 Å². The quantitative estimate of drug-likeness (QED) is 0.469. The SMILES string of the molecule is O=C(Cc1ccc2c(c1)OCO2)NC(CO)C(=O)Nc1cc(-c2ccccc2)[nH]n1. The number of carbonyl (C=O) groups excluding carboxylic acids is 2. The zero-order valence-electron chi connectivity index (χ0n) is 15.9. The van der Waals surface area contributed by atoms with E-state index in [2.05, 4.69) is 20.8 Å². The molecule has 154 valence electrons. The summed E-state index contributed by atoms with van der Waals surface area (Å²) in [6.07, 6.45) is 0.0288. The van der Waals surface area contributed by atoms with Gasteiger partial charge in [0.2, 0.25) is 12.7 Å². The molecule has 0 aliphatic carbocycles. The number of rotatable bonds is 7. The predicted molar refractivity (Wildman–Crippen MR) is 108 cm³/mol. The minimum absolute atomic E-state index is 0.0288. The van der Waals surface area contributed by atoms with Crippen molar-refractivity contribution in [2.45, 2.75) is 12.5 Å². The van der Waals surface area contributed by atoms with Crippen molar-refractivity contribution < 1.29 is 24.2 Å². The second-order valence-corrected chi connectivity index (χ2v) is 6.69. The zero-order chi connectivity index (χ0) is 20.9. The lowest BCUT2D eigenvalue weighted by Crippen LogP contribution is -2.46. The van der Waals surface area contributed by atoms with Gasteiger partial charge in [-0.1, -0.05) is 36.4 Å². The largest absolute Gasteiger partial charge is 0.454 e. The molecule has 1 aliphatic rings. The molecule has 0 bridgehead atoms. The second kappa shape index (κ2) is 8.66. The van der Waals surface area contributed by atoms with Gasteiger partial charge in [-0.15, -0.1) is 0 Å². The van der Waals surface area contributed by atoms with Gasteiger partial charge in [0.1, 0.15) is 6.04 Å². The number of fused-ring (bicyclic) bond motifs is 1. The Morgan fingerprint density at radius 1 is 1.10 bits per heavy atom. The molecular formula is C21H20N4O5. The van der Waals surface area contributed by atoms with Crippen molar-refractivity contribution in [3.63, 3.8) is 0 Å². The third kappa shape index (κ3) is 4.41. The molecule has 1 atom stereocenters. The Labute approximate surface area is 172 Å². The van der Waals surface area contributed by atoms with E-state index in [1.807, 2.05) is 30.3 Å². The molecule has 0 spiro atoms. The van der Waals surface area contributed by atoms with E-state index in [9.17, 15) is 14.7 Å². The number of nitrogens with zero attached hydrogens (tertiary/aromatic N) is 1. The maximum absolute atomic E-state index is 12.5. The fourth-order valence-corrected chi connectivity index (χ4v) is 3.04. The highest BCUT2D eigenvalue weighted by molar-refractivity contribution is 5.97. The van der Waals surface area contributed by atoms with Crippen LogP contribution in [-0.2, 0) is 16.0 Å². The molecule has 30 heavy (non-hydrogen) atoms. The van der Waals surface area contributed by atoms with Crippen LogP contribution in [0.15, 0.2) is 54.6 Å².